The van der Waals surface area contributed by atoms with Crippen LogP contribution in [0.25, 0.3) is 0 Å². The van der Waals surface area contributed by atoms with E-state index in [1.807, 2.05) is 18.2 Å². The van der Waals surface area contributed by atoms with Crippen molar-refractivity contribution in [3.63, 3.8) is 0 Å². The van der Waals surface area contributed by atoms with Crippen molar-refractivity contribution < 1.29 is 9.68 Å². The number of nitrogens with zero attached hydrogens (tertiary/aromatic N) is 1. The molecule has 0 unspecified atom stereocenters. The molecule has 3 heteroatoms. The lowest BCUT2D eigenvalue weighted by Gasteiger charge is -2.20. The third-order valence-electron chi connectivity index (χ3n) is 4.78. The molecule has 0 fully saturated rings. The van der Waals surface area contributed by atoms with E-state index < -0.39 is 0 Å². The molecule has 144 valence electrons. The molecular formula is C22H39NO2. The van der Waals surface area contributed by atoms with Crippen molar-refractivity contribution >= 4 is 0 Å². The van der Waals surface area contributed by atoms with E-state index in [1.54, 1.807) is 12.3 Å². The van der Waals surface area contributed by atoms with Crippen LogP contribution in [0.4, 0.5) is 0 Å². The Balaban J connectivity index is 2.24. The second-order valence-corrected chi connectivity index (χ2v) is 6.99. The lowest BCUT2D eigenvalue weighted by Crippen LogP contribution is -2.23. The maximum Gasteiger partial charge on any atom is 0.0767 e. The first-order valence-electron chi connectivity index (χ1n) is 10.3. The summed E-state index contributed by atoms with van der Waals surface area (Å²) in [5.74, 6) is 0.867. The lowest BCUT2D eigenvalue weighted by molar-refractivity contribution is -0.363. The quantitative estimate of drug-likeness (QED) is 0.250. The van der Waals surface area contributed by atoms with E-state index >= 15 is 0 Å². The van der Waals surface area contributed by atoms with Gasteiger partial charge in [-0.25, -0.2) is 0 Å². The summed E-state index contributed by atoms with van der Waals surface area (Å²) in [5, 5.41) is 1.60. The molecule has 0 aliphatic heterocycles. The van der Waals surface area contributed by atoms with Gasteiger partial charge in [0.2, 0.25) is 0 Å². The third kappa shape index (κ3) is 11.4. The van der Waals surface area contributed by atoms with Gasteiger partial charge in [0.1, 0.15) is 0 Å². The summed E-state index contributed by atoms with van der Waals surface area (Å²) >= 11 is 0. The van der Waals surface area contributed by atoms with Crippen molar-refractivity contribution in [3.05, 3.63) is 35.9 Å². The number of rotatable bonds is 16. The molecule has 0 saturated carbocycles. The summed E-state index contributed by atoms with van der Waals surface area (Å²) < 4.78 is 0. The molecule has 0 atom stereocenters. The van der Waals surface area contributed by atoms with Crippen LogP contribution < -0.4 is 0 Å². The van der Waals surface area contributed by atoms with Crippen LogP contribution in [-0.4, -0.2) is 18.9 Å². The zero-order valence-corrected chi connectivity index (χ0v) is 16.7. The molecule has 0 saturated heterocycles. The van der Waals surface area contributed by atoms with Gasteiger partial charge < -0.3 is 0 Å². The predicted octanol–water partition coefficient (Wildman–Crippen LogP) is 6.54. The number of hydrogen-bond donors (Lipinski definition) is 0. The van der Waals surface area contributed by atoms with E-state index in [1.165, 1.54) is 63.4 Å². The van der Waals surface area contributed by atoms with E-state index in [-0.39, 0.29) is 0 Å². The first-order valence-corrected chi connectivity index (χ1v) is 10.3. The second-order valence-electron chi connectivity index (χ2n) is 6.99. The first-order chi connectivity index (χ1) is 12.3. The summed E-state index contributed by atoms with van der Waals surface area (Å²) in [4.78, 5) is 11.1. The summed E-state index contributed by atoms with van der Waals surface area (Å²) in [6.45, 7) is 5.96. The zero-order valence-electron chi connectivity index (χ0n) is 16.7. The Morgan fingerprint density at radius 2 is 1.44 bits per heavy atom. The molecule has 0 aromatic heterocycles. The average molecular weight is 350 g/mol. The molecule has 0 N–H and O–H groups in total. The van der Waals surface area contributed by atoms with Gasteiger partial charge in [0.15, 0.2) is 0 Å². The number of hydroxylamine groups is 2. The molecular weight excluding hydrogens is 310 g/mol. The zero-order chi connectivity index (χ0) is 18.2. The van der Waals surface area contributed by atoms with Crippen molar-refractivity contribution in [2.75, 3.05) is 13.7 Å². The highest BCUT2D eigenvalue weighted by molar-refractivity contribution is 5.13. The minimum absolute atomic E-state index is 0.660. The highest BCUT2D eigenvalue weighted by Crippen LogP contribution is 2.22. The van der Waals surface area contributed by atoms with Gasteiger partial charge in [0.25, 0.3) is 0 Å². The highest BCUT2D eigenvalue weighted by atomic mass is 16.9. The van der Waals surface area contributed by atoms with Crippen molar-refractivity contribution in [2.24, 2.45) is 5.92 Å². The molecule has 25 heavy (non-hydrogen) atoms. The van der Waals surface area contributed by atoms with Crippen molar-refractivity contribution in [2.45, 2.75) is 84.6 Å². The Morgan fingerprint density at radius 1 is 0.840 bits per heavy atom. The molecule has 0 aliphatic rings. The summed E-state index contributed by atoms with van der Waals surface area (Å²) in [7, 11) is 1.67. The predicted molar refractivity (Wildman–Crippen MR) is 106 cm³/mol. The summed E-state index contributed by atoms with van der Waals surface area (Å²) in [5.41, 5.74) is 1.20. The van der Waals surface area contributed by atoms with Crippen LogP contribution in [0.5, 0.6) is 0 Å². The molecule has 0 amide bonds. The van der Waals surface area contributed by atoms with Crippen LogP contribution in [0.3, 0.4) is 0 Å². The molecule has 0 spiro atoms. The van der Waals surface area contributed by atoms with Gasteiger partial charge in [0, 0.05) is 0 Å². The minimum Gasteiger partial charge on any atom is -0.277 e. The SMILES string of the molecule is CCCCCC(CCCCC)CCCON(Cc1ccccc1)OC. The molecule has 1 rings (SSSR count). The van der Waals surface area contributed by atoms with Gasteiger partial charge in [-0.2, -0.15) is 0 Å². The fourth-order valence-corrected chi connectivity index (χ4v) is 3.23. The average Bonchev–Trinajstić information content (AvgIpc) is 2.64. The largest absolute Gasteiger partial charge is 0.277 e. The van der Waals surface area contributed by atoms with E-state index in [9.17, 15) is 0 Å². The van der Waals surface area contributed by atoms with E-state index in [2.05, 4.69) is 26.0 Å². The monoisotopic (exact) mass is 349 g/mol. The molecule has 0 aliphatic carbocycles. The molecule has 0 heterocycles. The molecule has 0 radical (unpaired) electrons. The summed E-state index contributed by atoms with van der Waals surface area (Å²) in [6.07, 6.45) is 13.3. The maximum atomic E-state index is 5.81. The smallest absolute Gasteiger partial charge is 0.0767 e. The van der Waals surface area contributed by atoms with Gasteiger partial charge >= 0.3 is 0 Å². The second kappa shape index (κ2) is 15.4. The van der Waals surface area contributed by atoms with Gasteiger partial charge in [-0.05, 0) is 24.3 Å². The fraction of sp³-hybridized carbons (Fsp3) is 0.727. The van der Waals surface area contributed by atoms with E-state index in [0.29, 0.717) is 6.54 Å². The van der Waals surface area contributed by atoms with Crippen molar-refractivity contribution in [1.29, 1.82) is 0 Å². The van der Waals surface area contributed by atoms with Gasteiger partial charge in [0.05, 0.1) is 20.3 Å². The number of benzene rings is 1. The molecule has 3 nitrogen and oxygen atoms in total. The molecule has 1 aromatic rings. The number of unbranched alkanes of at least 4 members (excludes halogenated alkanes) is 4. The minimum atomic E-state index is 0.660. The highest BCUT2D eigenvalue weighted by Gasteiger charge is 2.10. The van der Waals surface area contributed by atoms with Gasteiger partial charge in [-0.1, -0.05) is 101 Å². The standard InChI is InChI=1S/C22H39NO2/c1-4-6-9-14-21(15-10-7-5-2)18-13-19-25-23(24-3)20-22-16-11-8-12-17-22/h8,11-12,16-17,21H,4-7,9-10,13-15,18-20H2,1-3H3. The van der Waals surface area contributed by atoms with E-state index in [0.717, 1.165) is 18.9 Å². The Labute approximate surface area is 155 Å². The molecule has 1 aromatic carbocycles. The van der Waals surface area contributed by atoms with Crippen LogP contribution >= 0.6 is 0 Å². The Kier molecular flexibility index (Phi) is 13.6. The topological polar surface area (TPSA) is 21.7 Å². The normalized spacial score (nSPS) is 11.6. The number of hydrogen-bond acceptors (Lipinski definition) is 3. The van der Waals surface area contributed by atoms with E-state index in [4.69, 9.17) is 9.68 Å². The Bertz CT molecular complexity index is 386. The van der Waals surface area contributed by atoms with Crippen LogP contribution in [-0.2, 0) is 16.2 Å². The first kappa shape index (κ1) is 22.1. The third-order valence-corrected chi connectivity index (χ3v) is 4.78. The lowest BCUT2D eigenvalue weighted by atomic mass is 9.91. The van der Waals surface area contributed by atoms with Crippen LogP contribution in [0.1, 0.15) is 83.6 Å². The van der Waals surface area contributed by atoms with Crippen LogP contribution in [0, 0.1) is 5.92 Å². The maximum absolute atomic E-state index is 5.81. The van der Waals surface area contributed by atoms with Crippen LogP contribution in [0.2, 0.25) is 0 Å². The van der Waals surface area contributed by atoms with Crippen molar-refractivity contribution in [1.82, 2.24) is 5.23 Å². The van der Waals surface area contributed by atoms with Gasteiger partial charge in [-0.3, -0.25) is 9.68 Å². The molecule has 0 bridgehead atoms. The Hall–Kier alpha value is -0.900. The van der Waals surface area contributed by atoms with Crippen LogP contribution in [0.15, 0.2) is 30.3 Å². The summed E-state index contributed by atoms with van der Waals surface area (Å²) in [6, 6.07) is 10.3. The Morgan fingerprint density at radius 3 is 2.00 bits per heavy atom. The van der Waals surface area contributed by atoms with Gasteiger partial charge in [-0.15, -0.1) is 0 Å². The fourth-order valence-electron chi connectivity index (χ4n) is 3.23. The van der Waals surface area contributed by atoms with Crippen molar-refractivity contribution in [3.8, 4) is 0 Å².